The number of rotatable bonds is 3. The molecule has 5 atom stereocenters. The Morgan fingerprint density at radius 2 is 2.17 bits per heavy atom. The van der Waals surface area contributed by atoms with E-state index in [0.29, 0.717) is 18.5 Å². The molecule has 3 nitrogen and oxygen atoms in total. The van der Waals surface area contributed by atoms with E-state index in [1.54, 1.807) is 0 Å². The lowest BCUT2D eigenvalue weighted by molar-refractivity contribution is -0.121. The van der Waals surface area contributed by atoms with E-state index in [-0.39, 0.29) is 5.91 Å². The molecule has 0 aromatic carbocycles. The van der Waals surface area contributed by atoms with Crippen molar-refractivity contribution < 1.29 is 4.79 Å². The molecule has 0 radical (unpaired) electrons. The predicted molar refractivity (Wildman–Crippen MR) is 72.2 cm³/mol. The topological polar surface area (TPSA) is 41.1 Å². The van der Waals surface area contributed by atoms with Crippen LogP contribution in [-0.2, 0) is 4.79 Å². The number of carbonyl (C=O) groups is 1. The summed E-state index contributed by atoms with van der Waals surface area (Å²) < 4.78 is 0. The molecule has 1 amide bonds. The lowest BCUT2D eigenvalue weighted by atomic mass is 9.83. The van der Waals surface area contributed by atoms with Crippen molar-refractivity contribution in [3.8, 4) is 0 Å². The molecule has 18 heavy (non-hydrogen) atoms. The molecular formula is C15H26N2O. The van der Waals surface area contributed by atoms with Crippen LogP contribution in [0.4, 0.5) is 0 Å². The minimum Gasteiger partial charge on any atom is -0.356 e. The molecule has 2 bridgehead atoms. The first kappa shape index (κ1) is 12.5. The fraction of sp³-hybridized carbons (Fsp3) is 0.933. The van der Waals surface area contributed by atoms with Crippen molar-refractivity contribution in [3.05, 3.63) is 0 Å². The van der Waals surface area contributed by atoms with E-state index >= 15 is 0 Å². The fourth-order valence-corrected chi connectivity index (χ4v) is 4.52. The van der Waals surface area contributed by atoms with Crippen LogP contribution in [0.25, 0.3) is 0 Å². The van der Waals surface area contributed by atoms with Gasteiger partial charge in [-0.2, -0.15) is 0 Å². The van der Waals surface area contributed by atoms with E-state index in [1.165, 1.54) is 25.7 Å². The number of fused-ring (bicyclic) bond motifs is 2. The number of carbonyl (C=O) groups excluding carboxylic acids is 1. The Morgan fingerprint density at radius 1 is 1.28 bits per heavy atom. The molecule has 2 aliphatic carbocycles. The summed E-state index contributed by atoms with van der Waals surface area (Å²) >= 11 is 0. The van der Waals surface area contributed by atoms with Gasteiger partial charge < -0.3 is 10.6 Å². The normalized spacial score (nSPS) is 41.5. The summed E-state index contributed by atoms with van der Waals surface area (Å²) in [5.74, 6) is 3.08. The average molecular weight is 250 g/mol. The second kappa shape index (κ2) is 5.20. The molecule has 1 heterocycles. The van der Waals surface area contributed by atoms with Gasteiger partial charge in [0.15, 0.2) is 0 Å². The molecule has 0 aromatic heterocycles. The average Bonchev–Trinajstić information content (AvgIpc) is 2.91. The number of nitrogens with one attached hydrogen (secondary N) is 2. The number of hydrogen-bond acceptors (Lipinski definition) is 2. The highest BCUT2D eigenvalue weighted by Gasteiger charge is 2.42. The third kappa shape index (κ3) is 2.56. The van der Waals surface area contributed by atoms with E-state index in [2.05, 4.69) is 17.6 Å². The van der Waals surface area contributed by atoms with Crippen molar-refractivity contribution in [2.45, 2.75) is 64.0 Å². The van der Waals surface area contributed by atoms with Crippen LogP contribution in [0.3, 0.4) is 0 Å². The highest BCUT2D eigenvalue weighted by molar-refractivity contribution is 5.76. The van der Waals surface area contributed by atoms with Crippen molar-refractivity contribution in [2.75, 3.05) is 6.54 Å². The zero-order chi connectivity index (χ0) is 12.5. The minimum atomic E-state index is 0.227. The van der Waals surface area contributed by atoms with Gasteiger partial charge in [-0.15, -0.1) is 0 Å². The fourth-order valence-electron chi connectivity index (χ4n) is 4.52. The van der Waals surface area contributed by atoms with Crippen molar-refractivity contribution in [2.24, 2.45) is 17.8 Å². The maximum absolute atomic E-state index is 11.6. The summed E-state index contributed by atoms with van der Waals surface area (Å²) in [7, 11) is 0. The quantitative estimate of drug-likeness (QED) is 0.805. The zero-order valence-corrected chi connectivity index (χ0v) is 11.5. The van der Waals surface area contributed by atoms with Crippen LogP contribution in [-0.4, -0.2) is 24.5 Å². The van der Waals surface area contributed by atoms with E-state index < -0.39 is 0 Å². The molecule has 1 aliphatic heterocycles. The molecule has 0 aromatic rings. The van der Waals surface area contributed by atoms with Crippen LogP contribution < -0.4 is 10.6 Å². The molecule has 102 valence electrons. The molecule has 2 saturated carbocycles. The van der Waals surface area contributed by atoms with Crippen LogP contribution in [0.5, 0.6) is 0 Å². The summed E-state index contributed by atoms with van der Waals surface area (Å²) in [6.07, 6.45) is 8.76. The smallest absolute Gasteiger partial charge is 0.221 e. The van der Waals surface area contributed by atoms with E-state index in [1.807, 2.05) is 0 Å². The second-order valence-corrected chi connectivity index (χ2v) is 6.69. The standard InChI is InChI=1S/C15H26N2O/c1-10(14-8-11-4-5-12(14)7-11)17-13-3-2-6-16-15(18)9-13/h10-14,17H,2-9H2,1H3,(H,16,18). The Balaban J connectivity index is 1.53. The lowest BCUT2D eigenvalue weighted by Gasteiger charge is -2.31. The highest BCUT2D eigenvalue weighted by Crippen LogP contribution is 2.49. The van der Waals surface area contributed by atoms with Crippen LogP contribution >= 0.6 is 0 Å². The first-order chi connectivity index (χ1) is 8.72. The number of hydrogen-bond donors (Lipinski definition) is 2. The Hall–Kier alpha value is -0.570. The van der Waals surface area contributed by atoms with E-state index in [9.17, 15) is 4.79 Å². The summed E-state index contributed by atoms with van der Waals surface area (Å²) in [5.41, 5.74) is 0. The van der Waals surface area contributed by atoms with Crippen molar-refractivity contribution >= 4 is 5.91 Å². The van der Waals surface area contributed by atoms with Crippen LogP contribution in [0, 0.1) is 17.8 Å². The van der Waals surface area contributed by atoms with Gasteiger partial charge in [0.05, 0.1) is 0 Å². The summed E-state index contributed by atoms with van der Waals surface area (Å²) in [6.45, 7) is 3.20. The Labute approximate surface area is 110 Å². The van der Waals surface area contributed by atoms with Gasteiger partial charge in [-0.05, 0) is 56.8 Å². The third-order valence-corrected chi connectivity index (χ3v) is 5.42. The van der Waals surface area contributed by atoms with Gasteiger partial charge in [0.25, 0.3) is 0 Å². The molecular weight excluding hydrogens is 224 g/mol. The molecule has 5 unspecified atom stereocenters. The Kier molecular flexibility index (Phi) is 3.60. The monoisotopic (exact) mass is 250 g/mol. The van der Waals surface area contributed by atoms with E-state index in [0.717, 1.165) is 37.1 Å². The predicted octanol–water partition coefficient (Wildman–Crippen LogP) is 2.07. The maximum Gasteiger partial charge on any atom is 0.221 e. The summed E-state index contributed by atoms with van der Waals surface area (Å²) in [6, 6.07) is 0.998. The first-order valence-electron chi connectivity index (χ1n) is 7.75. The van der Waals surface area contributed by atoms with Crippen LogP contribution in [0.2, 0.25) is 0 Å². The maximum atomic E-state index is 11.6. The molecule has 1 saturated heterocycles. The highest BCUT2D eigenvalue weighted by atomic mass is 16.1. The SMILES string of the molecule is CC(NC1CCCNC(=O)C1)C1CC2CCC1C2. The second-order valence-electron chi connectivity index (χ2n) is 6.69. The molecule has 0 spiro atoms. The van der Waals surface area contributed by atoms with Crippen molar-refractivity contribution in [3.63, 3.8) is 0 Å². The van der Waals surface area contributed by atoms with Gasteiger partial charge in [-0.3, -0.25) is 4.79 Å². The Bertz CT molecular complexity index is 318. The lowest BCUT2D eigenvalue weighted by Crippen LogP contribution is -2.43. The number of amides is 1. The van der Waals surface area contributed by atoms with Crippen LogP contribution in [0.15, 0.2) is 0 Å². The van der Waals surface area contributed by atoms with Gasteiger partial charge in [0, 0.05) is 25.0 Å². The summed E-state index contributed by atoms with van der Waals surface area (Å²) in [4.78, 5) is 11.6. The minimum absolute atomic E-state index is 0.227. The van der Waals surface area contributed by atoms with Gasteiger partial charge in [-0.1, -0.05) is 6.42 Å². The largest absolute Gasteiger partial charge is 0.356 e. The Morgan fingerprint density at radius 3 is 2.89 bits per heavy atom. The molecule has 2 N–H and O–H groups in total. The van der Waals surface area contributed by atoms with Crippen molar-refractivity contribution in [1.29, 1.82) is 0 Å². The summed E-state index contributed by atoms with van der Waals surface area (Å²) in [5, 5.41) is 6.72. The zero-order valence-electron chi connectivity index (χ0n) is 11.5. The van der Waals surface area contributed by atoms with Crippen LogP contribution in [0.1, 0.15) is 51.9 Å². The van der Waals surface area contributed by atoms with E-state index in [4.69, 9.17) is 0 Å². The third-order valence-electron chi connectivity index (χ3n) is 5.42. The van der Waals surface area contributed by atoms with Gasteiger partial charge in [-0.25, -0.2) is 0 Å². The van der Waals surface area contributed by atoms with Gasteiger partial charge in [0.1, 0.15) is 0 Å². The molecule has 3 heteroatoms. The molecule has 3 rings (SSSR count). The molecule has 3 aliphatic rings. The van der Waals surface area contributed by atoms with Gasteiger partial charge in [0.2, 0.25) is 5.91 Å². The molecule has 3 fully saturated rings. The first-order valence-corrected chi connectivity index (χ1v) is 7.75. The van der Waals surface area contributed by atoms with Crippen molar-refractivity contribution in [1.82, 2.24) is 10.6 Å². The van der Waals surface area contributed by atoms with Gasteiger partial charge >= 0.3 is 0 Å².